The average molecular weight is 535 g/mol. The van der Waals surface area contributed by atoms with Crippen molar-refractivity contribution < 1.29 is 33.3 Å². The molecule has 0 radical (unpaired) electrons. The van der Waals surface area contributed by atoms with Crippen molar-refractivity contribution in [3.05, 3.63) is 72.3 Å². The highest BCUT2D eigenvalue weighted by atomic mass is 16.5. The van der Waals surface area contributed by atoms with Crippen LogP contribution in [0.15, 0.2) is 71.8 Å². The Balaban J connectivity index is 1.56. The van der Waals surface area contributed by atoms with Gasteiger partial charge in [-0.1, -0.05) is 18.2 Å². The average Bonchev–Trinajstić information content (AvgIpc) is 2.94. The third kappa shape index (κ3) is 8.78. The molecule has 0 aliphatic rings. The summed E-state index contributed by atoms with van der Waals surface area (Å²) >= 11 is 0. The van der Waals surface area contributed by atoms with Gasteiger partial charge >= 0.3 is 11.8 Å². The molecule has 0 aromatic heterocycles. The summed E-state index contributed by atoms with van der Waals surface area (Å²) in [4.78, 5) is 36.8. The fourth-order valence-electron chi connectivity index (χ4n) is 3.28. The summed E-state index contributed by atoms with van der Waals surface area (Å²) in [5.74, 6) is -0.406. The number of hydrazone groups is 1. The standard InChI is InChI=1S/C28H30N4O7/c1-4-37-23-12-7-6-11-22(23)31-27(34)28(35)32-29-17-19-13-14-24(25(15-19)38-5-2)39-18-26(33)30-20-9-8-10-21(16-20)36-3/h6-17H,4-5,18H2,1-3H3,(H,30,33)(H,31,34)(H,32,35)/b29-17-. The number of benzene rings is 3. The van der Waals surface area contributed by atoms with Crippen molar-refractivity contribution in [2.75, 3.05) is 37.6 Å². The van der Waals surface area contributed by atoms with Gasteiger partial charge in [0.25, 0.3) is 5.91 Å². The van der Waals surface area contributed by atoms with Crippen LogP contribution in [-0.4, -0.2) is 50.9 Å². The molecule has 3 aromatic rings. The van der Waals surface area contributed by atoms with Gasteiger partial charge in [-0.15, -0.1) is 0 Å². The largest absolute Gasteiger partial charge is 0.497 e. The minimum Gasteiger partial charge on any atom is -0.497 e. The van der Waals surface area contributed by atoms with Crippen LogP contribution in [0, 0.1) is 0 Å². The van der Waals surface area contributed by atoms with Gasteiger partial charge in [-0.3, -0.25) is 14.4 Å². The molecule has 0 heterocycles. The van der Waals surface area contributed by atoms with Crippen molar-refractivity contribution in [2.45, 2.75) is 13.8 Å². The molecule has 3 rings (SSSR count). The quantitative estimate of drug-likeness (QED) is 0.183. The number of methoxy groups -OCH3 is 1. The number of nitrogens with one attached hydrogen (secondary N) is 3. The van der Waals surface area contributed by atoms with Crippen LogP contribution >= 0.6 is 0 Å². The summed E-state index contributed by atoms with van der Waals surface area (Å²) < 4.78 is 21.9. The second-order valence-corrected chi connectivity index (χ2v) is 7.79. The first-order valence-electron chi connectivity index (χ1n) is 12.1. The predicted molar refractivity (Wildman–Crippen MR) is 147 cm³/mol. The molecule has 11 heteroatoms. The molecule has 204 valence electrons. The lowest BCUT2D eigenvalue weighted by molar-refractivity contribution is -0.136. The van der Waals surface area contributed by atoms with Gasteiger partial charge in [-0.25, -0.2) is 5.43 Å². The first-order valence-corrected chi connectivity index (χ1v) is 12.1. The number of anilines is 2. The first kappa shape index (κ1) is 28.5. The van der Waals surface area contributed by atoms with Crippen LogP contribution in [0.25, 0.3) is 0 Å². The Morgan fingerprint density at radius 2 is 1.56 bits per heavy atom. The van der Waals surface area contributed by atoms with Crippen molar-refractivity contribution in [3.8, 4) is 23.0 Å². The van der Waals surface area contributed by atoms with Crippen LogP contribution in [0.5, 0.6) is 23.0 Å². The van der Waals surface area contributed by atoms with E-state index in [1.54, 1.807) is 73.8 Å². The maximum atomic E-state index is 12.3. The fraction of sp³-hybridized carbons (Fsp3) is 0.214. The molecule has 0 saturated heterocycles. The first-order chi connectivity index (χ1) is 18.9. The van der Waals surface area contributed by atoms with E-state index in [0.29, 0.717) is 53.2 Å². The van der Waals surface area contributed by atoms with Crippen molar-refractivity contribution >= 4 is 35.3 Å². The third-order valence-corrected chi connectivity index (χ3v) is 5.00. The predicted octanol–water partition coefficient (Wildman–Crippen LogP) is 3.60. The number of hydrogen-bond donors (Lipinski definition) is 3. The zero-order chi connectivity index (χ0) is 28.0. The van der Waals surface area contributed by atoms with Crippen molar-refractivity contribution in [1.82, 2.24) is 5.43 Å². The smallest absolute Gasteiger partial charge is 0.329 e. The van der Waals surface area contributed by atoms with E-state index in [1.807, 2.05) is 13.8 Å². The molecule has 0 atom stereocenters. The zero-order valence-electron chi connectivity index (χ0n) is 21.9. The second-order valence-electron chi connectivity index (χ2n) is 7.79. The Morgan fingerprint density at radius 1 is 0.795 bits per heavy atom. The van der Waals surface area contributed by atoms with Crippen molar-refractivity contribution in [2.24, 2.45) is 5.10 Å². The van der Waals surface area contributed by atoms with E-state index in [0.717, 1.165) is 0 Å². The van der Waals surface area contributed by atoms with E-state index >= 15 is 0 Å². The van der Waals surface area contributed by atoms with Gasteiger partial charge < -0.3 is 29.6 Å². The van der Waals surface area contributed by atoms with E-state index in [9.17, 15) is 14.4 Å². The van der Waals surface area contributed by atoms with E-state index in [1.165, 1.54) is 6.21 Å². The minimum absolute atomic E-state index is 0.248. The molecule has 3 N–H and O–H groups in total. The molecular weight excluding hydrogens is 504 g/mol. The topological polar surface area (TPSA) is 137 Å². The summed E-state index contributed by atoms with van der Waals surface area (Å²) in [5, 5.41) is 9.07. The van der Waals surface area contributed by atoms with Crippen LogP contribution in [0.1, 0.15) is 19.4 Å². The number of ether oxygens (including phenoxy) is 4. The Kier molecular flexibility index (Phi) is 10.7. The number of carbonyl (C=O) groups is 3. The van der Waals surface area contributed by atoms with Crippen LogP contribution in [0.3, 0.4) is 0 Å². The Bertz CT molecular complexity index is 1330. The van der Waals surface area contributed by atoms with E-state index in [2.05, 4.69) is 21.2 Å². The molecule has 0 aliphatic heterocycles. The molecule has 0 unspecified atom stereocenters. The number of nitrogens with zero attached hydrogens (tertiary/aromatic N) is 1. The number of carbonyl (C=O) groups excluding carboxylic acids is 3. The van der Waals surface area contributed by atoms with Gasteiger partial charge in [0, 0.05) is 11.8 Å². The maximum absolute atomic E-state index is 12.3. The maximum Gasteiger partial charge on any atom is 0.329 e. The molecule has 0 bridgehead atoms. The Labute approximate surface area is 226 Å². The monoisotopic (exact) mass is 534 g/mol. The van der Waals surface area contributed by atoms with Gasteiger partial charge in [-0.05, 0) is 61.9 Å². The Morgan fingerprint density at radius 3 is 2.33 bits per heavy atom. The highest BCUT2D eigenvalue weighted by Crippen LogP contribution is 2.28. The summed E-state index contributed by atoms with van der Waals surface area (Å²) in [6.07, 6.45) is 1.35. The van der Waals surface area contributed by atoms with E-state index < -0.39 is 11.8 Å². The molecule has 3 aromatic carbocycles. The lowest BCUT2D eigenvalue weighted by Crippen LogP contribution is -2.32. The highest BCUT2D eigenvalue weighted by Gasteiger charge is 2.15. The summed E-state index contributed by atoms with van der Waals surface area (Å²) in [5.41, 5.74) is 3.70. The summed E-state index contributed by atoms with van der Waals surface area (Å²) in [7, 11) is 1.54. The third-order valence-electron chi connectivity index (χ3n) is 5.00. The molecule has 0 spiro atoms. The fourth-order valence-corrected chi connectivity index (χ4v) is 3.28. The molecular formula is C28H30N4O7. The van der Waals surface area contributed by atoms with Gasteiger partial charge in [0.15, 0.2) is 18.1 Å². The molecule has 0 fully saturated rings. The van der Waals surface area contributed by atoms with E-state index in [-0.39, 0.29) is 12.5 Å². The van der Waals surface area contributed by atoms with Gasteiger partial charge in [0.1, 0.15) is 11.5 Å². The Hall–Kier alpha value is -5.06. The molecule has 11 nitrogen and oxygen atoms in total. The van der Waals surface area contributed by atoms with Crippen molar-refractivity contribution in [1.29, 1.82) is 0 Å². The zero-order valence-corrected chi connectivity index (χ0v) is 21.9. The normalized spacial score (nSPS) is 10.4. The number of rotatable bonds is 12. The SMILES string of the molecule is CCOc1ccccc1NC(=O)C(=O)N/N=C\c1ccc(OCC(=O)Nc2cccc(OC)c2)c(OCC)c1. The van der Waals surface area contributed by atoms with Gasteiger partial charge in [0.05, 0.1) is 32.2 Å². The number of amides is 3. The molecule has 3 amide bonds. The van der Waals surface area contributed by atoms with Gasteiger partial charge in [-0.2, -0.15) is 5.10 Å². The minimum atomic E-state index is -0.954. The summed E-state index contributed by atoms with van der Waals surface area (Å²) in [6.45, 7) is 4.14. The lowest BCUT2D eigenvalue weighted by atomic mass is 10.2. The summed E-state index contributed by atoms with van der Waals surface area (Å²) in [6, 6.07) is 18.7. The van der Waals surface area contributed by atoms with Crippen LogP contribution < -0.4 is 35.0 Å². The lowest BCUT2D eigenvalue weighted by Gasteiger charge is -2.13. The van der Waals surface area contributed by atoms with Crippen molar-refractivity contribution in [3.63, 3.8) is 0 Å². The molecule has 39 heavy (non-hydrogen) atoms. The number of para-hydroxylation sites is 2. The van der Waals surface area contributed by atoms with Crippen LogP contribution in [0.4, 0.5) is 11.4 Å². The van der Waals surface area contributed by atoms with Crippen LogP contribution in [-0.2, 0) is 14.4 Å². The molecule has 0 saturated carbocycles. The highest BCUT2D eigenvalue weighted by molar-refractivity contribution is 6.39. The van der Waals surface area contributed by atoms with Gasteiger partial charge in [0.2, 0.25) is 0 Å². The van der Waals surface area contributed by atoms with Crippen LogP contribution in [0.2, 0.25) is 0 Å². The number of hydrogen-bond acceptors (Lipinski definition) is 8. The van der Waals surface area contributed by atoms with E-state index in [4.69, 9.17) is 18.9 Å². The molecule has 0 aliphatic carbocycles. The second kappa shape index (κ2) is 14.6.